The zero-order chi connectivity index (χ0) is 14.9. The molecule has 0 aliphatic rings. The predicted octanol–water partition coefficient (Wildman–Crippen LogP) is 4.23. The Morgan fingerprint density at radius 1 is 0.909 bits per heavy atom. The second-order valence-corrected chi connectivity index (χ2v) is 4.80. The lowest BCUT2D eigenvalue weighted by molar-refractivity contribution is 0.477. The SMILES string of the molecule is Oc1ccc2ccccc2c1N=Nc1[nH]nc2ncccc12. The van der Waals surface area contributed by atoms with E-state index in [1.807, 2.05) is 42.5 Å². The molecule has 0 radical (unpaired) electrons. The summed E-state index contributed by atoms with van der Waals surface area (Å²) < 4.78 is 0. The molecule has 2 N–H and O–H groups in total. The van der Waals surface area contributed by atoms with Crippen molar-refractivity contribution in [3.63, 3.8) is 0 Å². The van der Waals surface area contributed by atoms with Crippen LogP contribution in [-0.4, -0.2) is 20.3 Å². The Morgan fingerprint density at radius 3 is 2.73 bits per heavy atom. The van der Waals surface area contributed by atoms with Crippen LogP contribution < -0.4 is 0 Å². The molecule has 0 saturated heterocycles. The second-order valence-electron chi connectivity index (χ2n) is 4.80. The maximum absolute atomic E-state index is 10.1. The van der Waals surface area contributed by atoms with E-state index in [-0.39, 0.29) is 5.75 Å². The number of phenolic OH excluding ortho intramolecular Hbond substituents is 1. The predicted molar refractivity (Wildman–Crippen MR) is 83.7 cm³/mol. The van der Waals surface area contributed by atoms with E-state index in [1.165, 1.54) is 0 Å². The number of pyridine rings is 1. The number of fused-ring (bicyclic) bond motifs is 2. The van der Waals surface area contributed by atoms with Crippen LogP contribution in [0.15, 0.2) is 65.0 Å². The largest absolute Gasteiger partial charge is 0.506 e. The summed E-state index contributed by atoms with van der Waals surface area (Å²) >= 11 is 0. The number of aromatic amines is 1. The number of nitrogens with zero attached hydrogens (tertiary/aromatic N) is 4. The Kier molecular flexibility index (Phi) is 2.79. The number of phenols is 1. The molecule has 2 heterocycles. The topological polar surface area (TPSA) is 86.5 Å². The first-order valence-electron chi connectivity index (χ1n) is 6.74. The van der Waals surface area contributed by atoms with Crippen LogP contribution in [0.25, 0.3) is 21.8 Å². The van der Waals surface area contributed by atoms with Gasteiger partial charge in [-0.2, -0.15) is 5.10 Å². The lowest BCUT2D eigenvalue weighted by Gasteiger charge is -2.03. The van der Waals surface area contributed by atoms with Gasteiger partial charge in [0.05, 0.1) is 5.39 Å². The molecule has 0 spiro atoms. The molecule has 0 atom stereocenters. The number of H-pyrrole nitrogens is 1. The highest BCUT2D eigenvalue weighted by atomic mass is 16.3. The van der Waals surface area contributed by atoms with E-state index in [0.29, 0.717) is 17.2 Å². The number of rotatable bonds is 2. The van der Waals surface area contributed by atoms with Gasteiger partial charge in [-0.05, 0) is 23.6 Å². The molecule has 106 valence electrons. The molecule has 22 heavy (non-hydrogen) atoms. The molecular weight excluding hydrogens is 278 g/mol. The van der Waals surface area contributed by atoms with Crippen LogP contribution in [0.1, 0.15) is 0 Å². The fourth-order valence-electron chi connectivity index (χ4n) is 2.36. The molecule has 0 fully saturated rings. The van der Waals surface area contributed by atoms with Crippen LogP contribution in [0, 0.1) is 0 Å². The van der Waals surface area contributed by atoms with Gasteiger partial charge in [-0.1, -0.05) is 30.3 Å². The first-order valence-corrected chi connectivity index (χ1v) is 6.74. The number of hydrogen-bond acceptors (Lipinski definition) is 5. The van der Waals surface area contributed by atoms with Crippen molar-refractivity contribution >= 4 is 33.3 Å². The Labute approximate surface area is 125 Å². The summed E-state index contributed by atoms with van der Waals surface area (Å²) in [7, 11) is 0. The fraction of sp³-hybridized carbons (Fsp3) is 0. The minimum Gasteiger partial charge on any atom is -0.506 e. The molecule has 0 amide bonds. The third-order valence-electron chi connectivity index (χ3n) is 3.44. The minimum atomic E-state index is 0.0874. The molecule has 0 aliphatic heterocycles. The van der Waals surface area contributed by atoms with Crippen molar-refractivity contribution in [2.45, 2.75) is 0 Å². The molecule has 0 aliphatic carbocycles. The van der Waals surface area contributed by atoms with Crippen molar-refractivity contribution in [3.05, 3.63) is 54.7 Å². The first kappa shape index (κ1) is 12.5. The third-order valence-corrected chi connectivity index (χ3v) is 3.44. The van der Waals surface area contributed by atoms with E-state index in [4.69, 9.17) is 0 Å². The zero-order valence-corrected chi connectivity index (χ0v) is 11.4. The van der Waals surface area contributed by atoms with Crippen molar-refractivity contribution in [3.8, 4) is 5.75 Å². The molecule has 4 rings (SSSR count). The number of aromatic hydroxyl groups is 1. The van der Waals surface area contributed by atoms with Gasteiger partial charge in [0.25, 0.3) is 0 Å². The van der Waals surface area contributed by atoms with Crippen molar-refractivity contribution in [1.29, 1.82) is 0 Å². The van der Waals surface area contributed by atoms with Crippen LogP contribution in [0.5, 0.6) is 5.75 Å². The van der Waals surface area contributed by atoms with E-state index in [2.05, 4.69) is 25.4 Å². The van der Waals surface area contributed by atoms with E-state index < -0.39 is 0 Å². The Hall–Kier alpha value is -3.28. The maximum atomic E-state index is 10.1. The molecule has 0 saturated carbocycles. The lowest BCUT2D eigenvalue weighted by Crippen LogP contribution is -1.75. The van der Waals surface area contributed by atoms with Gasteiger partial charge >= 0.3 is 0 Å². The van der Waals surface area contributed by atoms with Crippen molar-refractivity contribution in [2.75, 3.05) is 0 Å². The van der Waals surface area contributed by atoms with Gasteiger partial charge in [-0.3, -0.25) is 5.10 Å². The third kappa shape index (κ3) is 1.98. The molecule has 4 aromatic rings. The van der Waals surface area contributed by atoms with Crippen LogP contribution in [0.3, 0.4) is 0 Å². The molecule has 0 bridgehead atoms. The van der Waals surface area contributed by atoms with Gasteiger partial charge in [-0.25, -0.2) is 4.98 Å². The molecule has 6 heteroatoms. The van der Waals surface area contributed by atoms with Crippen LogP contribution >= 0.6 is 0 Å². The Balaban J connectivity index is 1.85. The number of aromatic nitrogens is 3. The zero-order valence-electron chi connectivity index (χ0n) is 11.4. The number of hydrogen-bond donors (Lipinski definition) is 2. The van der Waals surface area contributed by atoms with Crippen LogP contribution in [-0.2, 0) is 0 Å². The molecule has 0 unspecified atom stereocenters. The lowest BCUT2D eigenvalue weighted by atomic mass is 10.1. The summed E-state index contributed by atoms with van der Waals surface area (Å²) in [5, 5.41) is 27.9. The Bertz CT molecular complexity index is 1010. The fourth-order valence-corrected chi connectivity index (χ4v) is 2.36. The second kappa shape index (κ2) is 4.92. The van der Waals surface area contributed by atoms with Crippen LogP contribution in [0.2, 0.25) is 0 Å². The van der Waals surface area contributed by atoms with Gasteiger partial charge < -0.3 is 5.11 Å². The highest BCUT2D eigenvalue weighted by Gasteiger charge is 2.08. The molecular formula is C16H11N5O. The summed E-state index contributed by atoms with van der Waals surface area (Å²) in [6, 6.07) is 14.8. The standard InChI is InChI=1S/C16H11N5O/c22-13-8-7-10-4-1-2-5-11(10)14(13)18-20-16-12-6-3-9-17-15(12)19-21-16/h1-9,22H,(H,17,19,21). The van der Waals surface area contributed by atoms with E-state index in [0.717, 1.165) is 16.2 Å². The van der Waals surface area contributed by atoms with E-state index in [9.17, 15) is 5.11 Å². The maximum Gasteiger partial charge on any atom is 0.183 e. The van der Waals surface area contributed by atoms with Crippen molar-refractivity contribution in [2.24, 2.45) is 10.2 Å². The monoisotopic (exact) mass is 289 g/mol. The normalized spacial score (nSPS) is 11.6. The summed E-state index contributed by atoms with van der Waals surface area (Å²) in [5.41, 5.74) is 1.02. The molecule has 6 nitrogen and oxygen atoms in total. The summed E-state index contributed by atoms with van der Waals surface area (Å²) in [6.45, 7) is 0. The van der Waals surface area contributed by atoms with Gasteiger partial charge in [-0.15, -0.1) is 10.2 Å². The van der Waals surface area contributed by atoms with E-state index >= 15 is 0 Å². The highest BCUT2D eigenvalue weighted by Crippen LogP contribution is 2.36. The summed E-state index contributed by atoms with van der Waals surface area (Å²) in [6.07, 6.45) is 1.67. The van der Waals surface area contributed by atoms with Gasteiger partial charge in [0.2, 0.25) is 0 Å². The average Bonchev–Trinajstić information content (AvgIpc) is 2.97. The quantitative estimate of drug-likeness (QED) is 0.541. The number of nitrogens with one attached hydrogen (secondary N) is 1. The van der Waals surface area contributed by atoms with Gasteiger partial charge in [0.1, 0.15) is 11.4 Å². The average molecular weight is 289 g/mol. The van der Waals surface area contributed by atoms with Gasteiger partial charge in [0.15, 0.2) is 11.5 Å². The van der Waals surface area contributed by atoms with Gasteiger partial charge in [0, 0.05) is 11.6 Å². The highest BCUT2D eigenvalue weighted by molar-refractivity contribution is 5.95. The minimum absolute atomic E-state index is 0.0874. The van der Waals surface area contributed by atoms with Crippen molar-refractivity contribution in [1.82, 2.24) is 15.2 Å². The first-order chi connectivity index (χ1) is 10.8. The molecule has 2 aromatic heterocycles. The summed E-state index contributed by atoms with van der Waals surface area (Å²) in [5.74, 6) is 0.597. The van der Waals surface area contributed by atoms with Crippen molar-refractivity contribution < 1.29 is 5.11 Å². The number of azo groups is 1. The van der Waals surface area contributed by atoms with Crippen LogP contribution in [0.4, 0.5) is 11.5 Å². The van der Waals surface area contributed by atoms with E-state index in [1.54, 1.807) is 12.3 Å². The molecule has 2 aromatic carbocycles. The number of benzene rings is 2. The smallest absolute Gasteiger partial charge is 0.183 e. The summed E-state index contributed by atoms with van der Waals surface area (Å²) in [4.78, 5) is 4.13. The Morgan fingerprint density at radius 2 is 1.77 bits per heavy atom.